The summed E-state index contributed by atoms with van der Waals surface area (Å²) < 4.78 is 0. The molecule has 0 bridgehead atoms. The van der Waals surface area contributed by atoms with E-state index in [-0.39, 0.29) is 0 Å². The fraction of sp³-hybridized carbons (Fsp3) is 0.938. The molecule has 4 aliphatic carbocycles. The first-order chi connectivity index (χ1) is 9.66. The van der Waals surface area contributed by atoms with Crippen molar-refractivity contribution in [1.29, 1.82) is 0 Å². The second-order valence-corrected chi connectivity index (χ2v) is 7.57. The van der Waals surface area contributed by atoms with E-state index in [1.54, 1.807) is 0 Å². The first-order valence-corrected chi connectivity index (χ1v) is 8.43. The van der Waals surface area contributed by atoms with Crippen LogP contribution >= 0.6 is 0 Å². The van der Waals surface area contributed by atoms with E-state index >= 15 is 0 Å². The Bertz CT molecular complexity index is 401. The van der Waals surface area contributed by atoms with Gasteiger partial charge in [0, 0.05) is 24.7 Å². The zero-order chi connectivity index (χ0) is 13.7. The predicted octanol–water partition coefficient (Wildman–Crippen LogP) is 1.99. The van der Waals surface area contributed by atoms with Crippen molar-refractivity contribution in [3.63, 3.8) is 0 Å². The highest BCUT2D eigenvalue weighted by molar-refractivity contribution is 5.79. The van der Waals surface area contributed by atoms with Gasteiger partial charge in [0.05, 0.1) is 0 Å². The summed E-state index contributed by atoms with van der Waals surface area (Å²) in [5, 5.41) is 13.2. The van der Waals surface area contributed by atoms with Gasteiger partial charge >= 0.3 is 5.97 Å². The topological polar surface area (TPSA) is 52.6 Å². The van der Waals surface area contributed by atoms with Crippen LogP contribution in [0.2, 0.25) is 0 Å². The highest BCUT2D eigenvalue weighted by Gasteiger charge is 2.51. The van der Waals surface area contributed by atoms with E-state index < -0.39 is 11.5 Å². The Kier molecular flexibility index (Phi) is 3.08. The molecule has 0 aromatic carbocycles. The van der Waals surface area contributed by atoms with Crippen LogP contribution < -0.4 is 5.32 Å². The van der Waals surface area contributed by atoms with Crippen LogP contribution in [0.5, 0.6) is 0 Å². The molecule has 2 atom stereocenters. The number of carboxylic acids is 1. The molecule has 4 nitrogen and oxygen atoms in total. The third-order valence-corrected chi connectivity index (χ3v) is 5.61. The van der Waals surface area contributed by atoms with E-state index in [4.69, 9.17) is 0 Å². The lowest BCUT2D eigenvalue weighted by Crippen LogP contribution is -2.52. The number of hydrogen-bond donors (Lipinski definition) is 2. The molecule has 0 amide bonds. The molecule has 112 valence electrons. The summed E-state index contributed by atoms with van der Waals surface area (Å²) in [6, 6.07) is 1.75. The molecule has 4 fully saturated rings. The maximum atomic E-state index is 11.8. The number of carbonyl (C=O) groups is 1. The van der Waals surface area contributed by atoms with Gasteiger partial charge in [0.1, 0.15) is 5.54 Å². The van der Waals surface area contributed by atoms with E-state index in [1.165, 1.54) is 32.2 Å². The Balaban J connectivity index is 1.44. The molecule has 0 radical (unpaired) electrons. The summed E-state index contributed by atoms with van der Waals surface area (Å²) in [4.78, 5) is 14.5. The molecule has 0 saturated heterocycles. The van der Waals surface area contributed by atoms with E-state index in [0.717, 1.165) is 44.1 Å². The van der Waals surface area contributed by atoms with Gasteiger partial charge in [0.2, 0.25) is 0 Å². The molecule has 2 N–H and O–H groups in total. The molecular formula is C16H26N2O2. The monoisotopic (exact) mass is 278 g/mol. The van der Waals surface area contributed by atoms with Crippen molar-refractivity contribution in [1.82, 2.24) is 10.2 Å². The average molecular weight is 278 g/mol. The van der Waals surface area contributed by atoms with Crippen molar-refractivity contribution in [2.45, 2.75) is 81.5 Å². The minimum atomic E-state index is -0.622. The molecule has 2 unspecified atom stereocenters. The van der Waals surface area contributed by atoms with Gasteiger partial charge in [0.15, 0.2) is 0 Å². The van der Waals surface area contributed by atoms with Gasteiger partial charge in [-0.05, 0) is 63.7 Å². The summed E-state index contributed by atoms with van der Waals surface area (Å²) in [5.41, 5.74) is -0.622. The number of rotatable bonds is 7. The van der Waals surface area contributed by atoms with E-state index in [0.29, 0.717) is 12.1 Å². The van der Waals surface area contributed by atoms with Crippen LogP contribution in [-0.4, -0.2) is 46.2 Å². The van der Waals surface area contributed by atoms with E-state index in [2.05, 4.69) is 10.2 Å². The predicted molar refractivity (Wildman–Crippen MR) is 76.6 cm³/mol. The van der Waals surface area contributed by atoms with Crippen molar-refractivity contribution < 1.29 is 9.90 Å². The summed E-state index contributed by atoms with van der Waals surface area (Å²) in [6.45, 7) is 1.23. The fourth-order valence-corrected chi connectivity index (χ4v) is 3.91. The van der Waals surface area contributed by atoms with Gasteiger partial charge in [-0.15, -0.1) is 0 Å². The number of carboxylic acid groups (broad SMARTS) is 1. The van der Waals surface area contributed by atoms with Crippen molar-refractivity contribution >= 4 is 5.97 Å². The van der Waals surface area contributed by atoms with Crippen LogP contribution in [0, 0.1) is 5.92 Å². The zero-order valence-electron chi connectivity index (χ0n) is 12.2. The van der Waals surface area contributed by atoms with Gasteiger partial charge in [-0.1, -0.05) is 0 Å². The molecule has 0 aromatic rings. The zero-order valence-corrected chi connectivity index (χ0v) is 12.2. The summed E-state index contributed by atoms with van der Waals surface area (Å²) in [5.74, 6) is 0.292. The minimum Gasteiger partial charge on any atom is -0.480 e. The highest BCUT2D eigenvalue weighted by atomic mass is 16.4. The Morgan fingerprint density at radius 1 is 1.10 bits per heavy atom. The lowest BCUT2D eigenvalue weighted by atomic mass is 9.97. The van der Waals surface area contributed by atoms with E-state index in [9.17, 15) is 9.90 Å². The molecule has 4 rings (SSSR count). The first kappa shape index (κ1) is 13.1. The molecule has 0 aliphatic heterocycles. The minimum absolute atomic E-state index is 0.475. The molecule has 0 heterocycles. The van der Waals surface area contributed by atoms with Crippen LogP contribution in [0.15, 0.2) is 0 Å². The van der Waals surface area contributed by atoms with Crippen LogP contribution in [0.25, 0.3) is 0 Å². The quantitative estimate of drug-likeness (QED) is 0.748. The Labute approximate surface area is 120 Å². The molecule has 4 aliphatic rings. The normalized spacial score (nSPS) is 37.5. The van der Waals surface area contributed by atoms with Crippen molar-refractivity contribution in [2.24, 2.45) is 5.92 Å². The standard InChI is InChI=1S/C16H26N2O2/c19-15(20)16(17-12-3-4-12)8-7-14(9-16)18(13-5-6-13)10-11-1-2-11/h11-14,17H,1-10H2,(H,19,20). The van der Waals surface area contributed by atoms with Crippen molar-refractivity contribution in [2.75, 3.05) is 6.54 Å². The molecular weight excluding hydrogens is 252 g/mol. The molecule has 20 heavy (non-hydrogen) atoms. The summed E-state index contributed by atoms with van der Waals surface area (Å²) in [7, 11) is 0. The molecule has 4 heteroatoms. The maximum Gasteiger partial charge on any atom is 0.323 e. The van der Waals surface area contributed by atoms with Crippen LogP contribution in [-0.2, 0) is 4.79 Å². The van der Waals surface area contributed by atoms with Gasteiger partial charge < -0.3 is 5.11 Å². The SMILES string of the molecule is O=C(O)C1(NC2CC2)CCC(N(CC2CC2)C2CC2)C1. The second-order valence-electron chi connectivity index (χ2n) is 7.57. The third kappa shape index (κ3) is 2.60. The largest absolute Gasteiger partial charge is 0.480 e. The van der Waals surface area contributed by atoms with Crippen LogP contribution in [0.3, 0.4) is 0 Å². The molecule has 0 aromatic heterocycles. The number of hydrogen-bond acceptors (Lipinski definition) is 3. The Morgan fingerprint density at radius 3 is 2.40 bits per heavy atom. The molecule has 4 saturated carbocycles. The molecule has 0 spiro atoms. The van der Waals surface area contributed by atoms with Crippen LogP contribution in [0.1, 0.15) is 57.8 Å². The number of aliphatic carboxylic acids is 1. The summed E-state index contributed by atoms with van der Waals surface area (Å²) in [6.07, 6.45) is 10.5. The van der Waals surface area contributed by atoms with Gasteiger partial charge in [0.25, 0.3) is 0 Å². The average Bonchev–Trinajstić information content (AvgIpc) is 3.24. The smallest absolute Gasteiger partial charge is 0.323 e. The number of nitrogens with zero attached hydrogens (tertiary/aromatic N) is 1. The van der Waals surface area contributed by atoms with Crippen molar-refractivity contribution in [3.8, 4) is 0 Å². The highest BCUT2D eigenvalue weighted by Crippen LogP contribution is 2.42. The lowest BCUT2D eigenvalue weighted by molar-refractivity contribution is -0.145. The third-order valence-electron chi connectivity index (χ3n) is 5.61. The Morgan fingerprint density at radius 2 is 1.85 bits per heavy atom. The van der Waals surface area contributed by atoms with Gasteiger partial charge in [-0.3, -0.25) is 15.0 Å². The second kappa shape index (κ2) is 4.70. The maximum absolute atomic E-state index is 11.8. The van der Waals surface area contributed by atoms with E-state index in [1.807, 2.05) is 0 Å². The van der Waals surface area contributed by atoms with Gasteiger partial charge in [-0.25, -0.2) is 0 Å². The lowest BCUT2D eigenvalue weighted by Gasteiger charge is -2.31. The van der Waals surface area contributed by atoms with Crippen LogP contribution in [0.4, 0.5) is 0 Å². The first-order valence-electron chi connectivity index (χ1n) is 8.43. The van der Waals surface area contributed by atoms with Gasteiger partial charge in [-0.2, -0.15) is 0 Å². The fourth-order valence-electron chi connectivity index (χ4n) is 3.91. The van der Waals surface area contributed by atoms with Crippen molar-refractivity contribution in [3.05, 3.63) is 0 Å². The summed E-state index contributed by atoms with van der Waals surface area (Å²) >= 11 is 0. The number of nitrogens with one attached hydrogen (secondary N) is 1. The Hall–Kier alpha value is -0.610.